The lowest BCUT2D eigenvalue weighted by Gasteiger charge is -2.34. The molecule has 2 aromatic rings. The smallest absolute Gasteiger partial charge is 0.312 e. The normalized spacial score (nSPS) is 17.8. The van der Waals surface area contributed by atoms with E-state index < -0.39 is 12.1 Å². The Morgan fingerprint density at radius 3 is 2.77 bits per heavy atom. The van der Waals surface area contributed by atoms with Crippen molar-refractivity contribution in [3.63, 3.8) is 0 Å². The summed E-state index contributed by atoms with van der Waals surface area (Å²) in [6.07, 6.45) is 0.287. The Morgan fingerprint density at radius 1 is 1.26 bits per heavy atom. The van der Waals surface area contributed by atoms with Gasteiger partial charge in [0.15, 0.2) is 5.76 Å². The predicted molar refractivity (Wildman–Crippen MR) is 118 cm³/mol. The molecule has 1 aromatic carbocycles. The standard InChI is InChI=1S/C21H26Cl2N4O4/c1-2-25-20(28)19-6-5-18(31-19)17(26-21(24)29)10-14-12-27(7-8-30-14)11-13-3-4-15(22)16(23)9-13/h3-6,9,14,17H,2,7-8,10-12H2,1H3,(H,25,28)(H3,24,26,29)/t14-,17?/m0/s1. The molecule has 1 unspecified atom stereocenters. The lowest BCUT2D eigenvalue weighted by molar-refractivity contribution is -0.0395. The first-order valence-corrected chi connectivity index (χ1v) is 10.8. The van der Waals surface area contributed by atoms with Crippen molar-refractivity contribution in [3.8, 4) is 0 Å². The molecule has 1 aliphatic heterocycles. The van der Waals surface area contributed by atoms with Crippen LogP contribution in [-0.2, 0) is 11.3 Å². The molecular formula is C21H26Cl2N4O4. The molecule has 168 valence electrons. The molecular weight excluding hydrogens is 443 g/mol. The predicted octanol–water partition coefficient (Wildman–Crippen LogP) is 3.34. The van der Waals surface area contributed by atoms with Crippen molar-refractivity contribution < 1.29 is 18.7 Å². The summed E-state index contributed by atoms with van der Waals surface area (Å²) >= 11 is 12.1. The highest BCUT2D eigenvalue weighted by Gasteiger charge is 2.27. The number of nitrogens with two attached hydrogens (primary N) is 1. The van der Waals surface area contributed by atoms with Gasteiger partial charge in [-0.15, -0.1) is 0 Å². The van der Waals surface area contributed by atoms with E-state index in [0.717, 1.165) is 12.1 Å². The van der Waals surface area contributed by atoms with E-state index in [1.165, 1.54) is 0 Å². The third kappa shape index (κ3) is 6.61. The molecule has 1 saturated heterocycles. The van der Waals surface area contributed by atoms with E-state index in [4.69, 9.17) is 38.1 Å². The van der Waals surface area contributed by atoms with Gasteiger partial charge in [0.2, 0.25) is 0 Å². The SMILES string of the molecule is CCNC(=O)c1ccc(C(C[C@H]2CN(Cc3ccc(Cl)c(Cl)c3)CCO2)NC(N)=O)o1. The zero-order valence-electron chi connectivity index (χ0n) is 17.2. The van der Waals surface area contributed by atoms with Crippen LogP contribution in [0.4, 0.5) is 4.79 Å². The average Bonchev–Trinajstić information content (AvgIpc) is 3.21. The quantitative estimate of drug-likeness (QED) is 0.550. The number of morpholine rings is 1. The number of amides is 3. The molecule has 2 atom stereocenters. The number of hydrogen-bond acceptors (Lipinski definition) is 5. The topological polar surface area (TPSA) is 110 Å². The van der Waals surface area contributed by atoms with Gasteiger partial charge in [-0.05, 0) is 36.8 Å². The van der Waals surface area contributed by atoms with Crippen LogP contribution in [0, 0.1) is 0 Å². The number of nitrogens with zero attached hydrogens (tertiary/aromatic N) is 1. The zero-order chi connectivity index (χ0) is 22.4. The number of urea groups is 1. The number of benzene rings is 1. The number of ether oxygens (including phenoxy) is 1. The number of carbonyl (C=O) groups excluding carboxylic acids is 2. The van der Waals surface area contributed by atoms with Gasteiger partial charge < -0.3 is 25.5 Å². The van der Waals surface area contributed by atoms with Crippen molar-refractivity contribution in [2.75, 3.05) is 26.2 Å². The molecule has 1 aromatic heterocycles. The van der Waals surface area contributed by atoms with Crippen molar-refractivity contribution in [2.24, 2.45) is 5.73 Å². The highest BCUT2D eigenvalue weighted by atomic mass is 35.5. The van der Waals surface area contributed by atoms with Crippen LogP contribution >= 0.6 is 23.2 Å². The molecule has 31 heavy (non-hydrogen) atoms. The largest absolute Gasteiger partial charge is 0.454 e. The maximum atomic E-state index is 12.0. The van der Waals surface area contributed by atoms with Gasteiger partial charge in [-0.3, -0.25) is 9.69 Å². The van der Waals surface area contributed by atoms with Crippen molar-refractivity contribution in [1.29, 1.82) is 0 Å². The second-order valence-electron chi connectivity index (χ2n) is 7.33. The number of nitrogens with one attached hydrogen (secondary N) is 2. The van der Waals surface area contributed by atoms with E-state index in [-0.39, 0.29) is 17.8 Å². The van der Waals surface area contributed by atoms with Gasteiger partial charge in [0, 0.05) is 32.6 Å². The molecule has 0 saturated carbocycles. The molecule has 4 N–H and O–H groups in total. The van der Waals surface area contributed by atoms with Gasteiger partial charge >= 0.3 is 6.03 Å². The van der Waals surface area contributed by atoms with Crippen molar-refractivity contribution in [1.82, 2.24) is 15.5 Å². The summed E-state index contributed by atoms with van der Waals surface area (Å²) in [5.41, 5.74) is 6.42. The summed E-state index contributed by atoms with van der Waals surface area (Å²) < 4.78 is 11.6. The number of hydrogen-bond donors (Lipinski definition) is 3. The molecule has 8 nitrogen and oxygen atoms in total. The summed E-state index contributed by atoms with van der Waals surface area (Å²) in [6.45, 7) is 4.99. The zero-order valence-corrected chi connectivity index (χ0v) is 18.7. The molecule has 0 radical (unpaired) electrons. The minimum absolute atomic E-state index is 0.161. The van der Waals surface area contributed by atoms with E-state index >= 15 is 0 Å². The summed E-state index contributed by atoms with van der Waals surface area (Å²) in [4.78, 5) is 25.8. The molecule has 3 amide bonds. The summed E-state index contributed by atoms with van der Waals surface area (Å²) in [5.74, 6) is 0.317. The Hall–Kier alpha value is -2.26. The van der Waals surface area contributed by atoms with Crippen LogP contribution in [0.2, 0.25) is 10.0 Å². The van der Waals surface area contributed by atoms with E-state index in [2.05, 4.69) is 15.5 Å². The Labute approximate surface area is 191 Å². The molecule has 3 rings (SSSR count). The fourth-order valence-electron chi connectivity index (χ4n) is 3.55. The minimum Gasteiger partial charge on any atom is -0.454 e. The maximum absolute atomic E-state index is 12.0. The van der Waals surface area contributed by atoms with E-state index in [1.54, 1.807) is 18.2 Å². The highest BCUT2D eigenvalue weighted by molar-refractivity contribution is 6.42. The fourth-order valence-corrected chi connectivity index (χ4v) is 3.87. The van der Waals surface area contributed by atoms with Gasteiger partial charge in [0.05, 0.1) is 28.8 Å². The lowest BCUT2D eigenvalue weighted by Crippen LogP contribution is -2.44. The first kappa shape index (κ1) is 23.4. The van der Waals surface area contributed by atoms with Gasteiger partial charge in [-0.1, -0.05) is 29.3 Å². The molecule has 0 aliphatic carbocycles. The Kier molecular flexibility index (Phi) is 8.20. The van der Waals surface area contributed by atoms with Crippen LogP contribution in [0.3, 0.4) is 0 Å². The van der Waals surface area contributed by atoms with Crippen molar-refractivity contribution >= 4 is 35.1 Å². The van der Waals surface area contributed by atoms with Crippen LogP contribution in [0.1, 0.15) is 41.3 Å². The lowest BCUT2D eigenvalue weighted by atomic mass is 10.0. The monoisotopic (exact) mass is 468 g/mol. The van der Waals surface area contributed by atoms with Crippen LogP contribution in [0.25, 0.3) is 0 Å². The molecule has 1 aliphatic rings. The molecule has 0 spiro atoms. The van der Waals surface area contributed by atoms with Crippen LogP contribution < -0.4 is 16.4 Å². The second kappa shape index (κ2) is 10.9. The summed E-state index contributed by atoms with van der Waals surface area (Å²) in [5, 5.41) is 6.42. The maximum Gasteiger partial charge on any atom is 0.312 e. The molecule has 10 heteroatoms. The van der Waals surface area contributed by atoms with Gasteiger partial charge in [0.25, 0.3) is 5.91 Å². The third-order valence-corrected chi connectivity index (χ3v) is 5.70. The molecule has 0 bridgehead atoms. The third-order valence-electron chi connectivity index (χ3n) is 4.96. The first-order chi connectivity index (χ1) is 14.9. The Balaban J connectivity index is 1.65. The summed E-state index contributed by atoms with van der Waals surface area (Å²) in [7, 11) is 0. The molecule has 2 heterocycles. The second-order valence-corrected chi connectivity index (χ2v) is 8.15. The van der Waals surface area contributed by atoms with Gasteiger partial charge in [-0.25, -0.2) is 4.79 Å². The highest BCUT2D eigenvalue weighted by Crippen LogP contribution is 2.26. The minimum atomic E-state index is -0.676. The van der Waals surface area contributed by atoms with Crippen molar-refractivity contribution in [3.05, 3.63) is 57.5 Å². The number of carbonyl (C=O) groups is 2. The van der Waals surface area contributed by atoms with E-state index in [9.17, 15) is 9.59 Å². The van der Waals surface area contributed by atoms with Gasteiger partial charge in [0.1, 0.15) is 5.76 Å². The van der Waals surface area contributed by atoms with Crippen LogP contribution in [0.5, 0.6) is 0 Å². The average molecular weight is 469 g/mol. The number of rotatable bonds is 8. The Bertz CT molecular complexity index is 921. The number of primary amides is 1. The van der Waals surface area contributed by atoms with Crippen molar-refractivity contribution in [2.45, 2.75) is 32.0 Å². The van der Waals surface area contributed by atoms with E-state index in [1.807, 2.05) is 19.1 Å². The summed E-state index contributed by atoms with van der Waals surface area (Å²) in [6, 6.07) is 7.64. The van der Waals surface area contributed by atoms with Crippen LogP contribution in [-0.4, -0.2) is 49.2 Å². The van der Waals surface area contributed by atoms with Crippen LogP contribution in [0.15, 0.2) is 34.7 Å². The van der Waals surface area contributed by atoms with E-state index in [0.29, 0.717) is 48.5 Å². The van der Waals surface area contributed by atoms with Gasteiger partial charge in [-0.2, -0.15) is 0 Å². The fraction of sp³-hybridized carbons (Fsp3) is 0.429. The first-order valence-electron chi connectivity index (χ1n) is 10.1. The molecule has 1 fully saturated rings. The Morgan fingerprint density at radius 2 is 2.06 bits per heavy atom. The number of halogens is 2. The number of furan rings is 1.